The Balaban J connectivity index is 2.37. The third-order valence-corrected chi connectivity index (χ3v) is 3.19. The summed E-state index contributed by atoms with van der Waals surface area (Å²) in [5.41, 5.74) is 7.54. The van der Waals surface area contributed by atoms with Crippen LogP contribution in [0.4, 0.5) is 5.13 Å². The average Bonchev–Trinajstić information content (AvgIpc) is 2.78. The number of benzene rings is 1. The molecule has 2 rings (SSSR count). The van der Waals surface area contributed by atoms with Crippen LogP contribution in [0.25, 0.3) is 10.6 Å². The van der Waals surface area contributed by atoms with Crippen LogP contribution in [0.15, 0.2) is 23.2 Å². The Morgan fingerprint density at radius 1 is 1.42 bits per heavy atom. The van der Waals surface area contributed by atoms with Crippen molar-refractivity contribution in [3.05, 3.63) is 23.8 Å². The van der Waals surface area contributed by atoms with Crippen molar-refractivity contribution in [1.29, 1.82) is 0 Å². The van der Waals surface area contributed by atoms with Gasteiger partial charge in [-0.1, -0.05) is 11.3 Å². The largest absolute Gasteiger partial charge is 0.491 e. The number of ether oxygens (including phenoxy) is 1. The Morgan fingerprint density at radius 2 is 2.21 bits per heavy atom. The third-order valence-electron chi connectivity index (χ3n) is 2.39. The minimum atomic E-state index is 0.117. The minimum Gasteiger partial charge on any atom is -0.491 e. The van der Waals surface area contributed by atoms with Crippen molar-refractivity contribution in [2.45, 2.75) is 26.5 Å². The molecule has 2 aromatic rings. The molecule has 0 fully saturated rings. The summed E-state index contributed by atoms with van der Waals surface area (Å²) >= 11 is 1.36. The van der Waals surface area contributed by atoms with Gasteiger partial charge in [0.05, 0.1) is 12.6 Å². The fourth-order valence-corrected chi connectivity index (χ4v) is 2.28. The molecule has 6 heteroatoms. The number of anilines is 1. The lowest BCUT2D eigenvalue weighted by atomic mass is 10.1. The van der Waals surface area contributed by atoms with Crippen molar-refractivity contribution in [3.63, 3.8) is 0 Å². The molecule has 2 N–H and O–H groups in total. The molecular formula is C13H16N4OS. The van der Waals surface area contributed by atoms with Gasteiger partial charge in [0, 0.05) is 11.1 Å². The number of nitrogens with zero attached hydrogens (tertiary/aromatic N) is 3. The van der Waals surface area contributed by atoms with Gasteiger partial charge in [0.25, 0.3) is 0 Å². The molecule has 0 radical (unpaired) electrons. The number of nitrogen functional groups attached to an aromatic ring is 1. The standard InChI is InChI=1S/C13H16N4OS/c1-8(2)18-11-5-4-9(6-10(11)7-15-3)12-16-17-13(14)19-12/h4-6,8H,3,7H2,1-2H3,(H2,14,17). The third kappa shape index (κ3) is 3.29. The van der Waals surface area contributed by atoms with Crippen molar-refractivity contribution in [2.24, 2.45) is 4.99 Å². The molecule has 5 nitrogen and oxygen atoms in total. The van der Waals surface area contributed by atoms with E-state index in [4.69, 9.17) is 10.5 Å². The molecule has 0 aliphatic carbocycles. The van der Waals surface area contributed by atoms with E-state index in [0.29, 0.717) is 11.7 Å². The zero-order valence-corrected chi connectivity index (χ0v) is 11.8. The van der Waals surface area contributed by atoms with Gasteiger partial charge in [0.1, 0.15) is 10.8 Å². The number of nitrogens with two attached hydrogens (primary N) is 1. The monoisotopic (exact) mass is 276 g/mol. The number of hydrogen-bond donors (Lipinski definition) is 1. The highest BCUT2D eigenvalue weighted by molar-refractivity contribution is 7.18. The SMILES string of the molecule is C=NCc1cc(-c2nnc(N)s2)ccc1OC(C)C. The van der Waals surface area contributed by atoms with Crippen LogP contribution in [0.3, 0.4) is 0 Å². The number of aromatic nitrogens is 2. The Bertz CT molecular complexity index is 580. The minimum absolute atomic E-state index is 0.117. The van der Waals surface area contributed by atoms with Crippen molar-refractivity contribution in [2.75, 3.05) is 5.73 Å². The van der Waals surface area contributed by atoms with Gasteiger partial charge >= 0.3 is 0 Å². The second-order valence-electron chi connectivity index (χ2n) is 4.32. The lowest BCUT2D eigenvalue weighted by molar-refractivity contribution is 0.240. The predicted molar refractivity (Wildman–Crippen MR) is 78.8 cm³/mol. The molecule has 100 valence electrons. The van der Waals surface area contributed by atoms with Crippen LogP contribution in [0.5, 0.6) is 5.75 Å². The Hall–Kier alpha value is -1.95. The first-order chi connectivity index (χ1) is 9.10. The van der Waals surface area contributed by atoms with Gasteiger partial charge in [0.2, 0.25) is 5.13 Å². The van der Waals surface area contributed by atoms with Crippen LogP contribution in [-0.2, 0) is 6.54 Å². The summed E-state index contributed by atoms with van der Waals surface area (Å²) in [6.07, 6.45) is 0.117. The summed E-state index contributed by atoms with van der Waals surface area (Å²) in [7, 11) is 0. The van der Waals surface area contributed by atoms with Crippen LogP contribution >= 0.6 is 11.3 Å². The van der Waals surface area contributed by atoms with Crippen molar-refractivity contribution < 1.29 is 4.74 Å². The van der Waals surface area contributed by atoms with Crippen LogP contribution in [0, 0.1) is 0 Å². The summed E-state index contributed by atoms with van der Waals surface area (Å²) in [6, 6.07) is 5.87. The maximum absolute atomic E-state index is 5.75. The Kier molecular flexibility index (Phi) is 4.11. The summed E-state index contributed by atoms with van der Waals surface area (Å²) in [5, 5.41) is 9.10. The molecule has 0 aliphatic rings. The average molecular weight is 276 g/mol. The molecule has 0 amide bonds. The van der Waals surface area contributed by atoms with Crippen molar-refractivity contribution in [3.8, 4) is 16.3 Å². The maximum Gasteiger partial charge on any atom is 0.203 e. The van der Waals surface area contributed by atoms with Gasteiger partial charge in [-0.05, 0) is 38.8 Å². The number of aliphatic imine (C=N–C) groups is 1. The Morgan fingerprint density at radius 3 is 2.79 bits per heavy atom. The van der Waals surface area contributed by atoms with Gasteiger partial charge in [-0.25, -0.2) is 0 Å². The molecule has 19 heavy (non-hydrogen) atoms. The fourth-order valence-electron chi connectivity index (χ4n) is 1.68. The summed E-state index contributed by atoms with van der Waals surface area (Å²) in [5.74, 6) is 0.823. The lowest BCUT2D eigenvalue weighted by Gasteiger charge is -2.14. The van der Waals surface area contributed by atoms with Crippen molar-refractivity contribution in [1.82, 2.24) is 10.2 Å². The smallest absolute Gasteiger partial charge is 0.203 e. The quantitative estimate of drug-likeness (QED) is 0.852. The second kappa shape index (κ2) is 5.79. The number of rotatable bonds is 5. The maximum atomic E-state index is 5.75. The molecule has 0 atom stereocenters. The summed E-state index contributed by atoms with van der Waals surface area (Å²) < 4.78 is 5.75. The second-order valence-corrected chi connectivity index (χ2v) is 5.33. The van der Waals surface area contributed by atoms with Gasteiger partial charge in [-0.3, -0.25) is 4.99 Å². The van der Waals surface area contributed by atoms with Crippen molar-refractivity contribution >= 4 is 23.2 Å². The molecule has 1 heterocycles. The highest BCUT2D eigenvalue weighted by atomic mass is 32.1. The van der Waals surface area contributed by atoms with E-state index in [0.717, 1.165) is 21.9 Å². The predicted octanol–water partition coefficient (Wildman–Crippen LogP) is 2.78. The van der Waals surface area contributed by atoms with E-state index in [2.05, 4.69) is 21.9 Å². The molecule has 1 aromatic carbocycles. The molecule has 0 bridgehead atoms. The molecule has 0 aliphatic heterocycles. The first-order valence-corrected chi connectivity index (χ1v) is 6.73. The molecule has 0 spiro atoms. The molecule has 0 saturated carbocycles. The zero-order chi connectivity index (χ0) is 13.8. The first-order valence-electron chi connectivity index (χ1n) is 5.91. The van der Waals surface area contributed by atoms with E-state index in [-0.39, 0.29) is 6.10 Å². The molecule has 1 aromatic heterocycles. The lowest BCUT2D eigenvalue weighted by Crippen LogP contribution is -2.07. The van der Waals surface area contributed by atoms with E-state index < -0.39 is 0 Å². The van der Waals surface area contributed by atoms with E-state index in [9.17, 15) is 0 Å². The normalized spacial score (nSPS) is 10.7. The van der Waals surface area contributed by atoms with Crippen LogP contribution < -0.4 is 10.5 Å². The highest BCUT2D eigenvalue weighted by Crippen LogP contribution is 2.30. The van der Waals surface area contributed by atoms with Crippen LogP contribution in [-0.4, -0.2) is 23.0 Å². The van der Waals surface area contributed by atoms with E-state index in [1.54, 1.807) is 0 Å². The van der Waals surface area contributed by atoms with Gasteiger partial charge in [-0.2, -0.15) is 0 Å². The van der Waals surface area contributed by atoms with Gasteiger partial charge < -0.3 is 10.5 Å². The van der Waals surface area contributed by atoms with E-state index in [1.165, 1.54) is 11.3 Å². The summed E-state index contributed by atoms with van der Waals surface area (Å²) in [4.78, 5) is 3.93. The fraction of sp³-hybridized carbons (Fsp3) is 0.308. The van der Waals surface area contributed by atoms with Crippen LogP contribution in [0.2, 0.25) is 0 Å². The molecule has 0 saturated heterocycles. The molecular weight excluding hydrogens is 260 g/mol. The molecule has 0 unspecified atom stereocenters. The van der Waals surface area contributed by atoms with E-state index in [1.807, 2.05) is 32.0 Å². The first kappa shape index (κ1) is 13.5. The topological polar surface area (TPSA) is 73.4 Å². The zero-order valence-electron chi connectivity index (χ0n) is 11.0. The summed E-state index contributed by atoms with van der Waals surface area (Å²) in [6.45, 7) is 8.02. The van der Waals surface area contributed by atoms with Crippen LogP contribution in [0.1, 0.15) is 19.4 Å². The van der Waals surface area contributed by atoms with E-state index >= 15 is 0 Å². The highest BCUT2D eigenvalue weighted by Gasteiger charge is 2.10. The Labute approximate surface area is 116 Å². The number of hydrogen-bond acceptors (Lipinski definition) is 6. The van der Waals surface area contributed by atoms with Gasteiger partial charge in [-0.15, -0.1) is 10.2 Å². The van der Waals surface area contributed by atoms with Gasteiger partial charge in [0.15, 0.2) is 0 Å².